The zero-order valence-electron chi connectivity index (χ0n) is 18.0. The van der Waals surface area contributed by atoms with E-state index in [1.807, 2.05) is 26.0 Å². The molecule has 0 bridgehead atoms. The summed E-state index contributed by atoms with van der Waals surface area (Å²) in [5.74, 6) is 1.07. The molecule has 1 fully saturated rings. The molecule has 3 rings (SSSR count). The van der Waals surface area contributed by atoms with Gasteiger partial charge >= 0.3 is 0 Å². The van der Waals surface area contributed by atoms with Crippen molar-refractivity contribution in [2.45, 2.75) is 65.2 Å². The fourth-order valence-electron chi connectivity index (χ4n) is 4.32. The van der Waals surface area contributed by atoms with Gasteiger partial charge in [0.2, 0.25) is 5.91 Å². The summed E-state index contributed by atoms with van der Waals surface area (Å²) in [7, 11) is 0. The summed E-state index contributed by atoms with van der Waals surface area (Å²) in [5, 5.41) is 3.15. The minimum atomic E-state index is -0.597. The monoisotopic (exact) mass is 397 g/mol. The standard InChI is InChI=1S/C25H32FNO2/c1-17(2)16-29-23-18(3)14-22(15-19(23)4)27-24(28)25(12-6-5-7-13-25)20-8-10-21(26)11-9-20/h8-11,14-15,17H,5-7,12-13,16H2,1-4H3,(H,27,28). The van der Waals surface area contributed by atoms with Crippen LogP contribution in [0.15, 0.2) is 36.4 Å². The maximum atomic E-state index is 13.5. The number of carbonyl (C=O) groups is 1. The topological polar surface area (TPSA) is 38.3 Å². The first kappa shape index (κ1) is 21.4. The van der Waals surface area contributed by atoms with Crippen molar-refractivity contribution in [2.24, 2.45) is 5.92 Å². The van der Waals surface area contributed by atoms with Crippen LogP contribution in [0.4, 0.5) is 10.1 Å². The third-order valence-corrected chi connectivity index (χ3v) is 5.82. The fraction of sp³-hybridized carbons (Fsp3) is 0.480. The lowest BCUT2D eigenvalue weighted by Gasteiger charge is -2.36. The number of nitrogens with one attached hydrogen (secondary N) is 1. The molecule has 0 atom stereocenters. The van der Waals surface area contributed by atoms with Crippen LogP contribution in [-0.4, -0.2) is 12.5 Å². The van der Waals surface area contributed by atoms with Crippen LogP contribution < -0.4 is 10.1 Å². The highest BCUT2D eigenvalue weighted by Gasteiger charge is 2.41. The van der Waals surface area contributed by atoms with Crippen LogP contribution >= 0.6 is 0 Å². The van der Waals surface area contributed by atoms with E-state index in [4.69, 9.17) is 4.74 Å². The van der Waals surface area contributed by atoms with E-state index in [0.29, 0.717) is 12.5 Å². The van der Waals surface area contributed by atoms with E-state index in [0.717, 1.165) is 60.2 Å². The quantitative estimate of drug-likeness (QED) is 0.619. The number of benzene rings is 2. The molecular weight excluding hydrogens is 365 g/mol. The second kappa shape index (κ2) is 8.98. The fourth-order valence-corrected chi connectivity index (χ4v) is 4.32. The molecule has 29 heavy (non-hydrogen) atoms. The lowest BCUT2D eigenvalue weighted by Crippen LogP contribution is -2.42. The molecule has 1 amide bonds. The van der Waals surface area contributed by atoms with Crippen molar-refractivity contribution < 1.29 is 13.9 Å². The highest BCUT2D eigenvalue weighted by molar-refractivity contribution is 5.99. The van der Waals surface area contributed by atoms with E-state index in [2.05, 4.69) is 19.2 Å². The highest BCUT2D eigenvalue weighted by Crippen LogP contribution is 2.41. The third-order valence-electron chi connectivity index (χ3n) is 5.82. The lowest BCUT2D eigenvalue weighted by atomic mass is 9.68. The average Bonchev–Trinajstić information content (AvgIpc) is 2.68. The second-order valence-electron chi connectivity index (χ2n) is 8.75. The largest absolute Gasteiger partial charge is 0.493 e. The summed E-state index contributed by atoms with van der Waals surface area (Å²) in [6, 6.07) is 10.4. The van der Waals surface area contributed by atoms with Crippen molar-refractivity contribution in [3.63, 3.8) is 0 Å². The Morgan fingerprint density at radius 2 is 1.66 bits per heavy atom. The first-order valence-electron chi connectivity index (χ1n) is 10.6. The molecule has 0 heterocycles. The molecule has 4 heteroatoms. The van der Waals surface area contributed by atoms with Crippen LogP contribution in [-0.2, 0) is 10.2 Å². The van der Waals surface area contributed by atoms with Gasteiger partial charge in [-0.2, -0.15) is 0 Å². The normalized spacial score (nSPS) is 15.9. The molecule has 0 saturated heterocycles. The minimum Gasteiger partial charge on any atom is -0.493 e. The maximum absolute atomic E-state index is 13.5. The maximum Gasteiger partial charge on any atom is 0.235 e. The Morgan fingerprint density at radius 1 is 1.07 bits per heavy atom. The molecule has 2 aromatic carbocycles. The zero-order valence-corrected chi connectivity index (χ0v) is 18.0. The number of amides is 1. The van der Waals surface area contributed by atoms with Gasteiger partial charge in [0.05, 0.1) is 12.0 Å². The van der Waals surface area contributed by atoms with Crippen LogP contribution in [0, 0.1) is 25.6 Å². The van der Waals surface area contributed by atoms with E-state index in [9.17, 15) is 9.18 Å². The summed E-state index contributed by atoms with van der Waals surface area (Å²) in [6.45, 7) is 8.93. The van der Waals surface area contributed by atoms with Gasteiger partial charge in [0.25, 0.3) is 0 Å². The molecule has 0 radical (unpaired) electrons. The van der Waals surface area contributed by atoms with Gasteiger partial charge in [-0.25, -0.2) is 4.39 Å². The number of hydrogen-bond donors (Lipinski definition) is 1. The Labute approximate surface area is 173 Å². The predicted octanol–water partition coefficient (Wildman–Crippen LogP) is 6.32. The molecule has 0 spiro atoms. The number of hydrogen-bond acceptors (Lipinski definition) is 2. The summed E-state index contributed by atoms with van der Waals surface area (Å²) < 4.78 is 19.4. The smallest absolute Gasteiger partial charge is 0.235 e. The van der Waals surface area contributed by atoms with Gasteiger partial charge in [0.1, 0.15) is 11.6 Å². The zero-order chi connectivity index (χ0) is 21.0. The molecule has 1 aliphatic carbocycles. The van der Waals surface area contributed by atoms with Crippen LogP contribution in [0.2, 0.25) is 0 Å². The molecule has 0 unspecified atom stereocenters. The Bertz CT molecular complexity index is 829. The molecule has 2 aromatic rings. The highest BCUT2D eigenvalue weighted by atomic mass is 19.1. The summed E-state index contributed by atoms with van der Waals surface area (Å²) in [4.78, 5) is 13.5. The molecule has 1 N–H and O–H groups in total. The van der Waals surface area contributed by atoms with Gasteiger partial charge in [-0.1, -0.05) is 45.2 Å². The second-order valence-corrected chi connectivity index (χ2v) is 8.75. The van der Waals surface area contributed by atoms with Crippen molar-refractivity contribution in [3.05, 3.63) is 58.9 Å². The Hall–Kier alpha value is -2.36. The lowest BCUT2D eigenvalue weighted by molar-refractivity contribution is -0.122. The van der Waals surface area contributed by atoms with Crippen LogP contribution in [0.1, 0.15) is 62.6 Å². The number of rotatable bonds is 6. The predicted molar refractivity (Wildman–Crippen MR) is 116 cm³/mol. The molecule has 0 aliphatic heterocycles. The first-order valence-corrected chi connectivity index (χ1v) is 10.6. The Morgan fingerprint density at radius 3 is 2.21 bits per heavy atom. The van der Waals surface area contributed by atoms with Crippen molar-refractivity contribution in [3.8, 4) is 5.75 Å². The first-order chi connectivity index (χ1) is 13.8. The van der Waals surface area contributed by atoms with Gasteiger partial charge < -0.3 is 10.1 Å². The van der Waals surface area contributed by atoms with Crippen molar-refractivity contribution >= 4 is 11.6 Å². The number of ether oxygens (including phenoxy) is 1. The van der Waals surface area contributed by atoms with E-state index >= 15 is 0 Å². The summed E-state index contributed by atoms with van der Waals surface area (Å²) >= 11 is 0. The summed E-state index contributed by atoms with van der Waals surface area (Å²) in [5.41, 5.74) is 3.12. The minimum absolute atomic E-state index is 0.00143. The molecular formula is C25H32FNO2. The van der Waals surface area contributed by atoms with Crippen LogP contribution in [0.5, 0.6) is 5.75 Å². The molecule has 1 aliphatic rings. The number of carbonyl (C=O) groups excluding carboxylic acids is 1. The molecule has 1 saturated carbocycles. The van der Waals surface area contributed by atoms with Gasteiger partial charge in [-0.15, -0.1) is 0 Å². The van der Waals surface area contributed by atoms with Crippen LogP contribution in [0.25, 0.3) is 0 Å². The summed E-state index contributed by atoms with van der Waals surface area (Å²) in [6.07, 6.45) is 4.72. The molecule has 0 aromatic heterocycles. The van der Waals surface area contributed by atoms with E-state index in [-0.39, 0.29) is 11.7 Å². The number of anilines is 1. The van der Waals surface area contributed by atoms with Crippen molar-refractivity contribution in [1.29, 1.82) is 0 Å². The molecule has 3 nitrogen and oxygen atoms in total. The van der Waals surface area contributed by atoms with Crippen molar-refractivity contribution in [2.75, 3.05) is 11.9 Å². The van der Waals surface area contributed by atoms with E-state index in [1.54, 1.807) is 12.1 Å². The Kier molecular flexibility index (Phi) is 6.61. The Balaban J connectivity index is 1.85. The average molecular weight is 398 g/mol. The van der Waals surface area contributed by atoms with Gasteiger partial charge in [-0.3, -0.25) is 4.79 Å². The number of halogens is 1. The van der Waals surface area contributed by atoms with E-state index in [1.165, 1.54) is 12.1 Å². The van der Waals surface area contributed by atoms with Crippen LogP contribution in [0.3, 0.4) is 0 Å². The van der Waals surface area contributed by atoms with Crippen molar-refractivity contribution in [1.82, 2.24) is 0 Å². The van der Waals surface area contributed by atoms with E-state index < -0.39 is 5.41 Å². The van der Waals surface area contributed by atoms with Gasteiger partial charge in [-0.05, 0) is 73.6 Å². The molecule has 156 valence electrons. The third kappa shape index (κ3) is 4.80. The SMILES string of the molecule is Cc1cc(NC(=O)C2(c3ccc(F)cc3)CCCCC2)cc(C)c1OCC(C)C. The number of aryl methyl sites for hydroxylation is 2. The van der Waals surface area contributed by atoms with Gasteiger partial charge in [0, 0.05) is 5.69 Å². The van der Waals surface area contributed by atoms with Gasteiger partial charge in [0.15, 0.2) is 0 Å².